The molecule has 2 aromatic heterocycles. The topological polar surface area (TPSA) is 248 Å². The monoisotopic (exact) mass is 1130 g/mol. The van der Waals surface area contributed by atoms with Crippen molar-refractivity contribution in [2.45, 2.75) is 129 Å². The van der Waals surface area contributed by atoms with Gasteiger partial charge in [-0.25, -0.2) is 26.2 Å². The van der Waals surface area contributed by atoms with E-state index in [1.165, 1.54) is 20.7 Å². The summed E-state index contributed by atoms with van der Waals surface area (Å²) in [6, 6.07) is 31.9. The molecule has 0 saturated heterocycles. The SMILES string of the molecule is Cc1ccc(C(OCc2cn(Cc3ccc(Cn4cc(COC(c5ccc(C)c(CN6C[C@@H](C)Oc7ccccc7S6(=O)=O)c5)C(C)(C)C(=O)O)nn4)cc3)nn2)C(C)(C)C(=O)O)cc1CN1C[C@@H](C)Oc2ccccc2S1(=O)=O. The summed E-state index contributed by atoms with van der Waals surface area (Å²) in [5.41, 5.74) is 4.23. The van der Waals surface area contributed by atoms with Gasteiger partial charge in [0, 0.05) is 13.1 Å². The van der Waals surface area contributed by atoms with Crippen LogP contribution in [0.3, 0.4) is 0 Å². The third kappa shape index (κ3) is 12.3. The zero-order valence-corrected chi connectivity index (χ0v) is 47.5. The van der Waals surface area contributed by atoms with E-state index in [4.69, 9.17) is 18.9 Å². The van der Waals surface area contributed by atoms with Crippen molar-refractivity contribution in [3.8, 4) is 11.5 Å². The standard InChI is InChI=1S/C58H66N8O12S2/c1-37-17-23-43(25-45(37)31-65-27-39(3)77-49-13-9-11-15-51(49)79(65,71)72)53(57(5,6)55(67)68)75-35-47-33-63(61-59-47)29-41-19-21-42(22-20-41)30-64-34-48(60-62-64)36-76-54(58(7,8)56(69)70)44-24-18-38(2)46(26-44)32-66-28-40(4)78-50-14-10-12-16-52(50)80(66,73)74/h9-26,33-34,39-40,53-54H,27-32,35-36H2,1-8H3,(H,67,68)(H,69,70)/t39-,40-,53?,54?/m1/s1. The predicted octanol–water partition coefficient (Wildman–Crippen LogP) is 8.26. The number of benzene rings is 5. The highest BCUT2D eigenvalue weighted by Gasteiger charge is 2.42. The van der Waals surface area contributed by atoms with E-state index in [9.17, 15) is 36.6 Å². The molecule has 0 radical (unpaired) electrons. The van der Waals surface area contributed by atoms with Gasteiger partial charge in [-0.2, -0.15) is 8.61 Å². The molecular formula is C58H66N8O12S2. The number of aromatic nitrogens is 6. The van der Waals surface area contributed by atoms with Crippen molar-refractivity contribution >= 4 is 32.0 Å². The van der Waals surface area contributed by atoms with Gasteiger partial charge in [0.25, 0.3) is 0 Å². The molecule has 2 N–H and O–H groups in total. The van der Waals surface area contributed by atoms with Gasteiger partial charge >= 0.3 is 11.9 Å². The van der Waals surface area contributed by atoms with Crippen LogP contribution in [0.25, 0.3) is 0 Å². The van der Waals surface area contributed by atoms with Crippen LogP contribution in [0.1, 0.15) is 110 Å². The molecule has 2 aliphatic rings. The minimum Gasteiger partial charge on any atom is -0.488 e. The number of aliphatic carboxylic acids is 2. The first-order valence-electron chi connectivity index (χ1n) is 26.2. The van der Waals surface area contributed by atoms with E-state index in [0.717, 1.165) is 22.3 Å². The van der Waals surface area contributed by atoms with Gasteiger partial charge in [-0.15, -0.1) is 10.2 Å². The number of carbonyl (C=O) groups is 2. The van der Waals surface area contributed by atoms with E-state index < -0.39 is 67.2 Å². The lowest BCUT2D eigenvalue weighted by Crippen LogP contribution is -2.36. The van der Waals surface area contributed by atoms with E-state index in [0.29, 0.717) is 58.2 Å². The average molecular weight is 1130 g/mol. The quantitative estimate of drug-likeness (QED) is 0.0729. The van der Waals surface area contributed by atoms with Gasteiger partial charge in [0.15, 0.2) is 0 Å². The lowest BCUT2D eigenvalue weighted by Gasteiger charge is -2.31. The summed E-state index contributed by atoms with van der Waals surface area (Å²) in [5, 5.41) is 38.1. The van der Waals surface area contributed by atoms with Gasteiger partial charge in [0.05, 0.1) is 74.8 Å². The highest BCUT2D eigenvalue weighted by Crippen LogP contribution is 2.41. The molecule has 0 bridgehead atoms. The maximum absolute atomic E-state index is 13.9. The summed E-state index contributed by atoms with van der Waals surface area (Å²) in [4.78, 5) is 25.6. The Labute approximate surface area is 466 Å². The Morgan fingerprint density at radius 2 is 0.963 bits per heavy atom. The van der Waals surface area contributed by atoms with Crippen molar-refractivity contribution in [3.63, 3.8) is 0 Å². The number of rotatable bonds is 20. The molecule has 2 unspecified atom stereocenters. The molecule has 2 aliphatic heterocycles. The molecule has 4 heterocycles. The number of aryl methyl sites for hydroxylation is 2. The number of sulfonamides is 2. The van der Waals surface area contributed by atoms with Gasteiger partial charge in [0.2, 0.25) is 20.0 Å². The van der Waals surface area contributed by atoms with Crippen molar-refractivity contribution < 1.29 is 55.6 Å². The van der Waals surface area contributed by atoms with Crippen molar-refractivity contribution in [2.75, 3.05) is 13.1 Å². The van der Waals surface area contributed by atoms with Crippen LogP contribution in [0.2, 0.25) is 0 Å². The third-order valence-corrected chi connectivity index (χ3v) is 18.4. The fourth-order valence-corrected chi connectivity index (χ4v) is 13.1. The molecule has 0 saturated carbocycles. The molecule has 20 nitrogen and oxygen atoms in total. The molecule has 22 heteroatoms. The second-order valence-corrected chi connectivity index (χ2v) is 25.6. The molecule has 9 rings (SSSR count). The van der Waals surface area contributed by atoms with Gasteiger partial charge in [-0.3, -0.25) is 9.59 Å². The van der Waals surface area contributed by atoms with E-state index in [-0.39, 0.29) is 49.2 Å². The second kappa shape index (κ2) is 23.0. The predicted molar refractivity (Wildman–Crippen MR) is 293 cm³/mol. The maximum Gasteiger partial charge on any atom is 0.312 e. The largest absolute Gasteiger partial charge is 0.488 e. The summed E-state index contributed by atoms with van der Waals surface area (Å²) < 4.78 is 86.4. The zero-order valence-electron chi connectivity index (χ0n) is 45.9. The Morgan fingerprint density at radius 1 is 0.588 bits per heavy atom. The van der Waals surface area contributed by atoms with Crippen LogP contribution < -0.4 is 9.47 Å². The number of hydrogen-bond acceptors (Lipinski definition) is 14. The average Bonchev–Trinajstić information content (AvgIpc) is 4.07. The van der Waals surface area contributed by atoms with Crippen molar-refractivity contribution in [2.24, 2.45) is 10.8 Å². The van der Waals surface area contributed by atoms with Gasteiger partial charge in [-0.05, 0) is 124 Å². The summed E-state index contributed by atoms with van der Waals surface area (Å²) >= 11 is 0. The molecule has 0 fully saturated rings. The molecule has 5 aromatic carbocycles. The highest BCUT2D eigenvalue weighted by molar-refractivity contribution is 7.89. The van der Waals surface area contributed by atoms with Crippen molar-refractivity contribution in [3.05, 3.63) is 177 Å². The fourth-order valence-electron chi connectivity index (χ4n) is 9.90. The Balaban J connectivity index is 0.823. The van der Waals surface area contributed by atoms with Crippen LogP contribution in [0.4, 0.5) is 0 Å². The highest BCUT2D eigenvalue weighted by atomic mass is 32.2. The fraction of sp³-hybridized carbons (Fsp3) is 0.379. The van der Waals surface area contributed by atoms with E-state index in [1.807, 2.05) is 76.2 Å². The van der Waals surface area contributed by atoms with Crippen molar-refractivity contribution in [1.82, 2.24) is 38.6 Å². The van der Waals surface area contributed by atoms with Gasteiger partial charge in [-0.1, -0.05) is 95.4 Å². The number of para-hydroxylation sites is 2. The van der Waals surface area contributed by atoms with E-state index >= 15 is 0 Å². The molecule has 4 atom stereocenters. The first-order chi connectivity index (χ1) is 37.9. The summed E-state index contributed by atoms with van der Waals surface area (Å²) in [5.74, 6) is -1.55. The van der Waals surface area contributed by atoms with Crippen molar-refractivity contribution in [1.29, 1.82) is 0 Å². The Bertz CT molecular complexity index is 3400. The molecule has 0 spiro atoms. The first-order valence-corrected chi connectivity index (χ1v) is 29.0. The van der Waals surface area contributed by atoms with Crippen LogP contribution in [0.15, 0.2) is 131 Å². The normalized spacial score (nSPS) is 18.1. The molecule has 0 aliphatic carbocycles. The smallest absolute Gasteiger partial charge is 0.312 e. The Hall–Kier alpha value is -7.34. The maximum atomic E-state index is 13.9. The number of ether oxygens (including phenoxy) is 4. The summed E-state index contributed by atoms with van der Waals surface area (Å²) in [7, 11) is -7.84. The van der Waals surface area contributed by atoms with Crippen LogP contribution in [0.5, 0.6) is 11.5 Å². The number of nitrogens with zero attached hydrogens (tertiary/aromatic N) is 8. The minimum atomic E-state index is -3.92. The lowest BCUT2D eigenvalue weighted by atomic mass is 9.81. The Kier molecular flexibility index (Phi) is 16.5. The first kappa shape index (κ1) is 57.3. The van der Waals surface area contributed by atoms with E-state index in [2.05, 4.69) is 20.6 Å². The van der Waals surface area contributed by atoms with Crippen LogP contribution >= 0.6 is 0 Å². The third-order valence-electron chi connectivity index (χ3n) is 14.7. The minimum absolute atomic E-state index is 0.0404. The molecule has 422 valence electrons. The summed E-state index contributed by atoms with van der Waals surface area (Å²) in [6.45, 7) is 14.7. The lowest BCUT2D eigenvalue weighted by molar-refractivity contribution is -0.159. The number of carboxylic acids is 2. The van der Waals surface area contributed by atoms with Gasteiger partial charge < -0.3 is 29.2 Å². The van der Waals surface area contributed by atoms with E-state index in [1.54, 1.807) is 98.0 Å². The number of fused-ring (bicyclic) bond motifs is 2. The van der Waals surface area contributed by atoms with Crippen LogP contribution in [-0.2, 0) is 78.5 Å². The number of hydrogen-bond donors (Lipinski definition) is 2. The molecule has 80 heavy (non-hydrogen) atoms. The molecule has 7 aromatic rings. The zero-order chi connectivity index (χ0) is 57.3. The number of carboxylic acid groups (broad SMARTS) is 2. The van der Waals surface area contributed by atoms with Crippen LogP contribution in [-0.4, -0.2) is 103 Å². The van der Waals surface area contributed by atoms with Crippen LogP contribution in [0, 0.1) is 24.7 Å². The molecular weight excluding hydrogens is 1060 g/mol. The Morgan fingerprint density at radius 3 is 1.34 bits per heavy atom. The second-order valence-electron chi connectivity index (χ2n) is 21.8. The molecule has 0 amide bonds. The summed E-state index contributed by atoms with van der Waals surface area (Å²) in [6.07, 6.45) is 0.750. The van der Waals surface area contributed by atoms with Gasteiger partial charge in [0.1, 0.15) is 44.9 Å².